The number of carboxylic acids is 1. The van der Waals surface area contributed by atoms with Crippen molar-refractivity contribution in [1.82, 2.24) is 0 Å². The first-order chi connectivity index (χ1) is 7.54. The Kier molecular flexibility index (Phi) is 3.65. The van der Waals surface area contributed by atoms with Gasteiger partial charge < -0.3 is 15.2 Å². The first-order valence-electron chi connectivity index (χ1n) is 4.32. The zero-order valence-corrected chi connectivity index (χ0v) is 8.47. The Morgan fingerprint density at radius 2 is 2.31 bits per heavy atom. The first kappa shape index (κ1) is 11.8. The fraction of sp³-hybridized carbons (Fsp3) is 0.222. The van der Waals surface area contributed by atoms with Crippen LogP contribution in [0, 0.1) is 10.1 Å². The number of anilines is 1. The van der Waals surface area contributed by atoms with Gasteiger partial charge in [-0.1, -0.05) is 0 Å². The summed E-state index contributed by atoms with van der Waals surface area (Å²) in [7, 11) is 1.31. The van der Waals surface area contributed by atoms with E-state index in [1.807, 2.05) is 0 Å². The number of nitrogens with zero attached hydrogens (tertiary/aromatic N) is 1. The summed E-state index contributed by atoms with van der Waals surface area (Å²) >= 11 is 0. The lowest BCUT2D eigenvalue weighted by molar-refractivity contribution is -0.385. The van der Waals surface area contributed by atoms with Crippen molar-refractivity contribution in [2.24, 2.45) is 0 Å². The standard InChI is InChI=1S/C9H10N2O5/c1-16-8-4-6(10-5-9(12)13)2-3-7(8)11(14)15/h2-4,10H,5H2,1H3,(H,12,13). The molecule has 0 atom stereocenters. The monoisotopic (exact) mass is 226 g/mol. The van der Waals surface area contributed by atoms with Crippen LogP contribution >= 0.6 is 0 Å². The van der Waals surface area contributed by atoms with Crippen molar-refractivity contribution in [3.63, 3.8) is 0 Å². The molecule has 0 aromatic heterocycles. The first-order valence-corrected chi connectivity index (χ1v) is 4.32. The van der Waals surface area contributed by atoms with Crippen LogP contribution in [-0.2, 0) is 4.79 Å². The number of nitrogens with one attached hydrogen (secondary N) is 1. The maximum atomic E-state index is 10.6. The highest BCUT2D eigenvalue weighted by Gasteiger charge is 2.14. The van der Waals surface area contributed by atoms with E-state index in [0.29, 0.717) is 5.69 Å². The summed E-state index contributed by atoms with van der Waals surface area (Å²) in [6.07, 6.45) is 0. The quantitative estimate of drug-likeness (QED) is 0.575. The van der Waals surface area contributed by atoms with Gasteiger partial charge in [-0.3, -0.25) is 14.9 Å². The van der Waals surface area contributed by atoms with Crippen molar-refractivity contribution >= 4 is 17.3 Å². The number of carbonyl (C=O) groups is 1. The molecule has 0 fully saturated rings. The molecule has 7 nitrogen and oxygen atoms in total. The summed E-state index contributed by atoms with van der Waals surface area (Å²) in [5.41, 5.74) is 0.285. The van der Waals surface area contributed by atoms with Crippen molar-refractivity contribution in [3.8, 4) is 5.75 Å². The molecule has 0 heterocycles. The number of methoxy groups -OCH3 is 1. The molecular formula is C9H10N2O5. The van der Waals surface area contributed by atoms with Gasteiger partial charge in [0.25, 0.3) is 0 Å². The summed E-state index contributed by atoms with van der Waals surface area (Å²) in [6, 6.07) is 4.05. The molecule has 0 radical (unpaired) electrons. The fourth-order valence-electron chi connectivity index (χ4n) is 1.12. The summed E-state index contributed by atoms with van der Waals surface area (Å²) in [5.74, 6) is -0.933. The van der Waals surface area contributed by atoms with Crippen LogP contribution in [0.2, 0.25) is 0 Å². The Balaban J connectivity index is 2.90. The van der Waals surface area contributed by atoms with E-state index in [4.69, 9.17) is 9.84 Å². The van der Waals surface area contributed by atoms with Crippen LogP contribution in [0.25, 0.3) is 0 Å². The Morgan fingerprint density at radius 3 is 2.81 bits per heavy atom. The van der Waals surface area contributed by atoms with Gasteiger partial charge in [-0.2, -0.15) is 0 Å². The number of nitro groups is 1. The minimum Gasteiger partial charge on any atom is -0.490 e. The molecule has 1 aromatic rings. The molecule has 16 heavy (non-hydrogen) atoms. The number of hydrogen-bond acceptors (Lipinski definition) is 5. The summed E-state index contributed by atoms with van der Waals surface area (Å²) in [4.78, 5) is 20.3. The van der Waals surface area contributed by atoms with Crippen LogP contribution in [0.3, 0.4) is 0 Å². The van der Waals surface area contributed by atoms with Crippen molar-refractivity contribution in [3.05, 3.63) is 28.3 Å². The molecule has 0 spiro atoms. The van der Waals surface area contributed by atoms with Gasteiger partial charge in [0.1, 0.15) is 6.54 Å². The van der Waals surface area contributed by atoms with E-state index >= 15 is 0 Å². The van der Waals surface area contributed by atoms with E-state index in [9.17, 15) is 14.9 Å². The van der Waals surface area contributed by atoms with E-state index in [1.54, 1.807) is 0 Å². The third kappa shape index (κ3) is 2.84. The zero-order chi connectivity index (χ0) is 12.1. The number of rotatable bonds is 5. The average molecular weight is 226 g/mol. The largest absolute Gasteiger partial charge is 0.490 e. The molecule has 0 aliphatic rings. The molecule has 0 amide bonds. The molecule has 1 aromatic carbocycles. The molecule has 1 rings (SSSR count). The van der Waals surface area contributed by atoms with E-state index < -0.39 is 10.9 Å². The van der Waals surface area contributed by atoms with Gasteiger partial charge in [0.15, 0.2) is 5.75 Å². The summed E-state index contributed by atoms with van der Waals surface area (Å²) in [5, 5.41) is 21.6. The number of benzene rings is 1. The Bertz CT molecular complexity index is 418. The normalized spacial score (nSPS) is 9.56. The molecule has 2 N–H and O–H groups in total. The van der Waals surface area contributed by atoms with E-state index in [1.165, 1.54) is 25.3 Å². The minimum absolute atomic E-state index is 0.0837. The van der Waals surface area contributed by atoms with Gasteiger partial charge in [0.2, 0.25) is 0 Å². The molecule has 7 heteroatoms. The second kappa shape index (κ2) is 4.96. The highest BCUT2D eigenvalue weighted by atomic mass is 16.6. The number of ether oxygens (including phenoxy) is 1. The molecule has 0 unspecified atom stereocenters. The van der Waals surface area contributed by atoms with E-state index in [0.717, 1.165) is 0 Å². The van der Waals surface area contributed by atoms with Gasteiger partial charge in [-0.25, -0.2) is 0 Å². The van der Waals surface area contributed by atoms with Gasteiger partial charge in [0.05, 0.1) is 12.0 Å². The molecule has 0 aliphatic carbocycles. The number of aliphatic carboxylic acids is 1. The van der Waals surface area contributed by atoms with Gasteiger partial charge in [0, 0.05) is 17.8 Å². The van der Waals surface area contributed by atoms with Gasteiger partial charge >= 0.3 is 11.7 Å². The second-order valence-electron chi connectivity index (χ2n) is 2.89. The molecular weight excluding hydrogens is 216 g/mol. The van der Waals surface area contributed by atoms with Crippen molar-refractivity contribution in [2.75, 3.05) is 19.0 Å². The Hall–Kier alpha value is -2.31. The highest BCUT2D eigenvalue weighted by molar-refractivity contribution is 5.73. The van der Waals surface area contributed by atoms with Gasteiger partial charge in [-0.05, 0) is 6.07 Å². The fourth-order valence-corrected chi connectivity index (χ4v) is 1.12. The number of nitro benzene ring substituents is 1. The molecule has 0 saturated heterocycles. The van der Waals surface area contributed by atoms with Crippen LogP contribution in [0.5, 0.6) is 5.75 Å². The smallest absolute Gasteiger partial charge is 0.322 e. The predicted octanol–water partition coefficient (Wildman–Crippen LogP) is 1.10. The summed E-state index contributed by atoms with van der Waals surface area (Å²) < 4.78 is 4.83. The van der Waals surface area contributed by atoms with Crippen LogP contribution in [0.1, 0.15) is 0 Å². The topological polar surface area (TPSA) is 102 Å². The third-order valence-electron chi connectivity index (χ3n) is 1.82. The second-order valence-corrected chi connectivity index (χ2v) is 2.89. The predicted molar refractivity (Wildman–Crippen MR) is 55.8 cm³/mol. The van der Waals surface area contributed by atoms with E-state index in [-0.39, 0.29) is 18.0 Å². The molecule has 0 bridgehead atoms. The lowest BCUT2D eigenvalue weighted by Gasteiger charge is -2.06. The van der Waals surface area contributed by atoms with Gasteiger partial charge in [-0.15, -0.1) is 0 Å². The van der Waals surface area contributed by atoms with Crippen LogP contribution in [0.15, 0.2) is 18.2 Å². The lowest BCUT2D eigenvalue weighted by atomic mass is 10.2. The number of carboxylic acid groups (broad SMARTS) is 1. The summed E-state index contributed by atoms with van der Waals surface area (Å²) in [6.45, 7) is -0.263. The Labute approximate surface area is 90.8 Å². The third-order valence-corrected chi connectivity index (χ3v) is 1.82. The molecule has 86 valence electrons. The number of hydrogen-bond donors (Lipinski definition) is 2. The maximum absolute atomic E-state index is 10.6. The minimum atomic E-state index is -1.02. The van der Waals surface area contributed by atoms with Crippen molar-refractivity contribution in [1.29, 1.82) is 0 Å². The van der Waals surface area contributed by atoms with Crippen molar-refractivity contribution < 1.29 is 19.6 Å². The van der Waals surface area contributed by atoms with Crippen LogP contribution < -0.4 is 10.1 Å². The lowest BCUT2D eigenvalue weighted by Crippen LogP contribution is -2.12. The van der Waals surface area contributed by atoms with Crippen molar-refractivity contribution in [2.45, 2.75) is 0 Å². The van der Waals surface area contributed by atoms with Crippen LogP contribution in [-0.4, -0.2) is 29.7 Å². The van der Waals surface area contributed by atoms with Crippen LogP contribution in [0.4, 0.5) is 11.4 Å². The van der Waals surface area contributed by atoms with E-state index in [2.05, 4.69) is 5.32 Å². The molecule has 0 saturated carbocycles. The Morgan fingerprint density at radius 1 is 1.62 bits per heavy atom. The zero-order valence-electron chi connectivity index (χ0n) is 8.47. The average Bonchev–Trinajstić information content (AvgIpc) is 2.25. The molecule has 0 aliphatic heterocycles. The highest BCUT2D eigenvalue weighted by Crippen LogP contribution is 2.29. The SMILES string of the molecule is COc1cc(NCC(=O)O)ccc1[N+](=O)[O-]. The maximum Gasteiger partial charge on any atom is 0.322 e.